The summed E-state index contributed by atoms with van der Waals surface area (Å²) >= 11 is 0. The first kappa shape index (κ1) is 5.60. The lowest BCUT2D eigenvalue weighted by atomic mass is 10.2. The summed E-state index contributed by atoms with van der Waals surface area (Å²) in [6.45, 7) is 2.21. The Labute approximate surface area is 50.0 Å². The highest BCUT2D eigenvalue weighted by atomic mass is 15.5. The number of hydrogen-bond donors (Lipinski definition) is 1. The minimum atomic E-state index is 1.16. The van der Waals surface area contributed by atoms with E-state index in [9.17, 15) is 0 Å². The molecule has 2 heteroatoms. The van der Waals surface area contributed by atoms with Crippen LogP contribution >= 0.6 is 0 Å². The van der Waals surface area contributed by atoms with E-state index in [1.54, 1.807) is 0 Å². The Kier molecular flexibility index (Phi) is 1.89. The van der Waals surface area contributed by atoms with Crippen molar-refractivity contribution in [3.8, 4) is 0 Å². The Morgan fingerprint density at radius 2 is 2.25 bits per heavy atom. The summed E-state index contributed by atoms with van der Waals surface area (Å²) in [5.41, 5.74) is 2.83. The number of rotatable bonds is 4. The van der Waals surface area contributed by atoms with Crippen molar-refractivity contribution in [1.29, 1.82) is 0 Å². The standard InChI is InChI=1S/C6H12N2/c1-2-3-4-5-6-7-8-6/h2-5H2,1H3,(H,7,8). The van der Waals surface area contributed by atoms with Crippen LogP contribution in [0.2, 0.25) is 0 Å². The van der Waals surface area contributed by atoms with Crippen molar-refractivity contribution in [2.24, 2.45) is 5.10 Å². The molecule has 0 aromatic carbocycles. The first-order valence-electron chi connectivity index (χ1n) is 3.26. The molecule has 1 heterocycles. The van der Waals surface area contributed by atoms with E-state index < -0.39 is 0 Å². The molecule has 0 amide bonds. The van der Waals surface area contributed by atoms with Gasteiger partial charge in [-0.15, -0.1) is 0 Å². The van der Waals surface area contributed by atoms with Gasteiger partial charge in [0, 0.05) is 6.42 Å². The third-order valence-corrected chi connectivity index (χ3v) is 1.29. The quantitative estimate of drug-likeness (QED) is 0.549. The second kappa shape index (κ2) is 2.70. The second-order valence-electron chi connectivity index (χ2n) is 2.13. The van der Waals surface area contributed by atoms with Gasteiger partial charge in [0.15, 0.2) is 0 Å². The number of hydrazone groups is 1. The summed E-state index contributed by atoms with van der Waals surface area (Å²) in [4.78, 5) is 0. The number of amidine groups is 1. The van der Waals surface area contributed by atoms with Crippen molar-refractivity contribution in [2.45, 2.75) is 32.6 Å². The molecule has 1 aliphatic heterocycles. The zero-order valence-corrected chi connectivity index (χ0v) is 5.28. The van der Waals surface area contributed by atoms with Gasteiger partial charge >= 0.3 is 0 Å². The molecule has 1 aliphatic rings. The largest absolute Gasteiger partial charge is 0.262 e. The van der Waals surface area contributed by atoms with E-state index in [1.165, 1.54) is 25.1 Å². The third-order valence-electron chi connectivity index (χ3n) is 1.29. The van der Waals surface area contributed by atoms with Gasteiger partial charge in [-0.25, -0.2) is 0 Å². The highest BCUT2D eigenvalue weighted by Crippen LogP contribution is 2.02. The Balaban J connectivity index is 1.81. The molecule has 8 heavy (non-hydrogen) atoms. The van der Waals surface area contributed by atoms with E-state index in [-0.39, 0.29) is 0 Å². The molecule has 46 valence electrons. The van der Waals surface area contributed by atoms with Gasteiger partial charge < -0.3 is 0 Å². The van der Waals surface area contributed by atoms with Gasteiger partial charge in [-0.2, -0.15) is 5.10 Å². The van der Waals surface area contributed by atoms with Gasteiger partial charge in [0.1, 0.15) is 5.84 Å². The predicted octanol–water partition coefficient (Wildman–Crippen LogP) is 1.48. The van der Waals surface area contributed by atoms with Crippen molar-refractivity contribution in [3.63, 3.8) is 0 Å². The average Bonchev–Trinajstić information content (AvgIpc) is 2.51. The highest BCUT2D eigenvalue weighted by Gasteiger charge is 2.05. The monoisotopic (exact) mass is 112 g/mol. The summed E-state index contributed by atoms with van der Waals surface area (Å²) in [6, 6.07) is 0. The lowest BCUT2D eigenvalue weighted by Gasteiger charge is -1.87. The smallest absolute Gasteiger partial charge is 0.142 e. The van der Waals surface area contributed by atoms with Crippen LogP contribution in [-0.4, -0.2) is 5.84 Å². The van der Waals surface area contributed by atoms with Crippen LogP contribution in [0.15, 0.2) is 5.10 Å². The van der Waals surface area contributed by atoms with Gasteiger partial charge in [0.2, 0.25) is 0 Å². The Morgan fingerprint density at radius 1 is 1.50 bits per heavy atom. The maximum atomic E-state index is 3.84. The molecule has 0 aromatic rings. The van der Waals surface area contributed by atoms with Crippen molar-refractivity contribution in [2.75, 3.05) is 0 Å². The number of nitrogens with zero attached hydrogens (tertiary/aromatic N) is 1. The molecule has 2 nitrogen and oxygen atoms in total. The first-order valence-corrected chi connectivity index (χ1v) is 3.26. The SMILES string of the molecule is CCCCCC1=NN1. The van der Waals surface area contributed by atoms with Gasteiger partial charge in [-0.1, -0.05) is 19.8 Å². The second-order valence-corrected chi connectivity index (χ2v) is 2.13. The minimum absolute atomic E-state index is 1.16. The zero-order chi connectivity index (χ0) is 5.82. The van der Waals surface area contributed by atoms with Crippen LogP contribution < -0.4 is 5.43 Å². The molecule has 0 aliphatic carbocycles. The van der Waals surface area contributed by atoms with E-state index in [2.05, 4.69) is 17.5 Å². The van der Waals surface area contributed by atoms with Crippen LogP contribution in [0, 0.1) is 0 Å². The fourth-order valence-electron chi connectivity index (χ4n) is 0.694. The summed E-state index contributed by atoms with van der Waals surface area (Å²) in [7, 11) is 0. The highest BCUT2D eigenvalue weighted by molar-refractivity contribution is 5.90. The molecule has 0 radical (unpaired) electrons. The molecule has 0 atom stereocenters. The molecule has 1 rings (SSSR count). The van der Waals surface area contributed by atoms with Gasteiger partial charge in [-0.05, 0) is 6.42 Å². The Morgan fingerprint density at radius 3 is 2.75 bits per heavy atom. The normalized spacial score (nSPS) is 14.9. The van der Waals surface area contributed by atoms with Crippen LogP contribution in [-0.2, 0) is 0 Å². The third kappa shape index (κ3) is 1.96. The number of nitrogens with one attached hydrogen (secondary N) is 1. The fourth-order valence-corrected chi connectivity index (χ4v) is 0.694. The van der Waals surface area contributed by atoms with Crippen LogP contribution in [0.3, 0.4) is 0 Å². The van der Waals surface area contributed by atoms with E-state index in [4.69, 9.17) is 0 Å². The van der Waals surface area contributed by atoms with Crippen molar-refractivity contribution >= 4 is 5.84 Å². The van der Waals surface area contributed by atoms with E-state index in [0.717, 1.165) is 6.42 Å². The van der Waals surface area contributed by atoms with Crippen molar-refractivity contribution in [1.82, 2.24) is 5.43 Å². The summed E-state index contributed by atoms with van der Waals surface area (Å²) < 4.78 is 0. The molecule has 0 saturated carbocycles. The lowest BCUT2D eigenvalue weighted by molar-refractivity contribution is 0.743. The summed E-state index contributed by atoms with van der Waals surface area (Å²) in [5.74, 6) is 1.19. The fraction of sp³-hybridized carbons (Fsp3) is 0.833. The molecular formula is C6H12N2. The first-order chi connectivity index (χ1) is 3.93. The van der Waals surface area contributed by atoms with Gasteiger partial charge in [0.05, 0.1) is 0 Å². The van der Waals surface area contributed by atoms with Gasteiger partial charge in [-0.3, -0.25) is 5.43 Å². The van der Waals surface area contributed by atoms with Crippen LogP contribution in [0.25, 0.3) is 0 Å². The lowest BCUT2D eigenvalue weighted by Crippen LogP contribution is -1.90. The summed E-state index contributed by atoms with van der Waals surface area (Å²) in [6.07, 6.45) is 5.09. The topological polar surface area (TPSA) is 34.3 Å². The molecule has 0 unspecified atom stereocenters. The van der Waals surface area contributed by atoms with Gasteiger partial charge in [0.25, 0.3) is 0 Å². The number of unbranched alkanes of at least 4 members (excludes halogenated alkanes) is 2. The van der Waals surface area contributed by atoms with E-state index in [1.807, 2.05) is 0 Å². The molecule has 0 aromatic heterocycles. The molecule has 0 saturated heterocycles. The molecular weight excluding hydrogens is 100 g/mol. The van der Waals surface area contributed by atoms with E-state index >= 15 is 0 Å². The maximum absolute atomic E-state index is 3.84. The molecule has 0 spiro atoms. The molecule has 0 bridgehead atoms. The predicted molar refractivity (Wildman–Crippen MR) is 34.7 cm³/mol. The molecule has 0 fully saturated rings. The zero-order valence-electron chi connectivity index (χ0n) is 5.28. The van der Waals surface area contributed by atoms with Crippen LogP contribution in [0.4, 0.5) is 0 Å². The molecule has 1 N–H and O–H groups in total. The minimum Gasteiger partial charge on any atom is -0.262 e. The Bertz CT molecular complexity index is 96.7. The van der Waals surface area contributed by atoms with Crippen molar-refractivity contribution in [3.05, 3.63) is 0 Å². The van der Waals surface area contributed by atoms with Crippen LogP contribution in [0.1, 0.15) is 32.6 Å². The van der Waals surface area contributed by atoms with E-state index in [0.29, 0.717) is 0 Å². The number of hydrogen-bond acceptors (Lipinski definition) is 2. The van der Waals surface area contributed by atoms with Crippen molar-refractivity contribution < 1.29 is 0 Å². The maximum Gasteiger partial charge on any atom is 0.142 e. The summed E-state index contributed by atoms with van der Waals surface area (Å²) in [5, 5.41) is 3.84. The van der Waals surface area contributed by atoms with Crippen LogP contribution in [0.5, 0.6) is 0 Å². The Hall–Kier alpha value is -0.530. The average molecular weight is 112 g/mol.